The van der Waals surface area contributed by atoms with Gasteiger partial charge in [0.1, 0.15) is 12.1 Å². The summed E-state index contributed by atoms with van der Waals surface area (Å²) >= 11 is 0. The van der Waals surface area contributed by atoms with E-state index in [4.69, 9.17) is 0 Å². The third-order valence-corrected chi connectivity index (χ3v) is 4.15. The molecule has 122 valence electrons. The molecule has 0 spiro atoms. The Morgan fingerprint density at radius 2 is 1.95 bits per heavy atom. The van der Waals surface area contributed by atoms with E-state index in [1.165, 1.54) is 4.90 Å². The first kappa shape index (κ1) is 17.9. The zero-order chi connectivity index (χ0) is 16.2. The predicted molar refractivity (Wildman–Crippen MR) is 78.2 cm³/mol. The van der Waals surface area contributed by atoms with E-state index >= 15 is 0 Å². The highest BCUT2D eigenvalue weighted by atomic mass is 32.2. The molecule has 7 nitrogen and oxygen atoms in total. The molecule has 1 rings (SSSR count). The standard InChI is InChI=1S/C13H24N2O5S/c1-9(2)8-10(14-21(3,19)20)12(16)15-7-5-4-6-11(15)13(17)18/h9-11,14H,4-8H2,1-3H3,(H,17,18)/t10?,11-/m0/s1. The zero-order valence-electron chi connectivity index (χ0n) is 12.7. The summed E-state index contributed by atoms with van der Waals surface area (Å²) in [7, 11) is -3.54. The lowest BCUT2D eigenvalue weighted by atomic mass is 9.98. The van der Waals surface area contributed by atoms with Crippen LogP contribution in [0.3, 0.4) is 0 Å². The monoisotopic (exact) mass is 320 g/mol. The minimum Gasteiger partial charge on any atom is -0.480 e. The van der Waals surface area contributed by atoms with Crippen LogP contribution in [0.15, 0.2) is 0 Å². The van der Waals surface area contributed by atoms with Gasteiger partial charge >= 0.3 is 5.97 Å². The van der Waals surface area contributed by atoms with Gasteiger partial charge in [-0.05, 0) is 31.6 Å². The molecule has 1 unspecified atom stereocenters. The molecule has 2 N–H and O–H groups in total. The van der Waals surface area contributed by atoms with E-state index in [9.17, 15) is 23.1 Å². The van der Waals surface area contributed by atoms with Gasteiger partial charge in [-0.2, -0.15) is 0 Å². The fourth-order valence-corrected chi connectivity index (χ4v) is 3.30. The molecule has 0 aromatic rings. The Morgan fingerprint density at radius 3 is 2.43 bits per heavy atom. The van der Waals surface area contributed by atoms with Crippen LogP contribution in [0.4, 0.5) is 0 Å². The number of nitrogens with zero attached hydrogens (tertiary/aromatic N) is 1. The van der Waals surface area contributed by atoms with E-state index in [0.717, 1.165) is 19.1 Å². The first-order valence-corrected chi connectivity index (χ1v) is 9.01. The highest BCUT2D eigenvalue weighted by molar-refractivity contribution is 7.88. The van der Waals surface area contributed by atoms with Crippen LogP contribution in [-0.4, -0.2) is 55.2 Å². The maximum atomic E-state index is 12.6. The predicted octanol–water partition coefficient (Wildman–Crippen LogP) is 0.416. The minimum absolute atomic E-state index is 0.112. The van der Waals surface area contributed by atoms with E-state index in [1.807, 2.05) is 13.8 Å². The maximum absolute atomic E-state index is 12.6. The number of carbonyl (C=O) groups is 2. The third-order valence-electron chi connectivity index (χ3n) is 3.43. The largest absolute Gasteiger partial charge is 0.480 e. The molecule has 1 aliphatic heterocycles. The summed E-state index contributed by atoms with van der Waals surface area (Å²) in [5.41, 5.74) is 0. The summed E-state index contributed by atoms with van der Waals surface area (Å²) in [5, 5.41) is 9.22. The lowest BCUT2D eigenvalue weighted by Crippen LogP contribution is -2.55. The number of rotatable bonds is 6. The molecule has 1 aliphatic rings. The van der Waals surface area contributed by atoms with Gasteiger partial charge < -0.3 is 10.0 Å². The van der Waals surface area contributed by atoms with Crippen molar-refractivity contribution in [3.63, 3.8) is 0 Å². The number of carboxylic acids is 1. The molecule has 1 heterocycles. The van der Waals surface area contributed by atoms with Crippen molar-refractivity contribution >= 4 is 21.9 Å². The molecule has 21 heavy (non-hydrogen) atoms. The van der Waals surface area contributed by atoms with E-state index in [1.54, 1.807) is 0 Å². The fraction of sp³-hybridized carbons (Fsp3) is 0.846. The Balaban J connectivity index is 2.94. The molecule has 0 bridgehead atoms. The van der Waals surface area contributed by atoms with Gasteiger partial charge in [-0.15, -0.1) is 0 Å². The molecule has 0 aromatic carbocycles. The Labute approximate surface area is 125 Å². The summed E-state index contributed by atoms with van der Waals surface area (Å²) in [6, 6.07) is -1.76. The summed E-state index contributed by atoms with van der Waals surface area (Å²) in [5.74, 6) is -1.37. The Hall–Kier alpha value is -1.15. The Kier molecular flexibility index (Phi) is 6.15. The summed E-state index contributed by atoms with van der Waals surface area (Å²) in [6.07, 6.45) is 3.25. The number of hydrogen-bond donors (Lipinski definition) is 2. The van der Waals surface area contributed by atoms with E-state index in [2.05, 4.69) is 4.72 Å². The highest BCUT2D eigenvalue weighted by Crippen LogP contribution is 2.20. The molecule has 0 aliphatic carbocycles. The lowest BCUT2D eigenvalue weighted by molar-refractivity contribution is -0.152. The van der Waals surface area contributed by atoms with Crippen LogP contribution in [0.1, 0.15) is 39.5 Å². The van der Waals surface area contributed by atoms with Gasteiger partial charge in [0.05, 0.1) is 6.26 Å². The van der Waals surface area contributed by atoms with Gasteiger partial charge in [0.2, 0.25) is 15.9 Å². The topological polar surface area (TPSA) is 104 Å². The molecule has 8 heteroatoms. The molecule has 2 atom stereocenters. The van der Waals surface area contributed by atoms with Crippen molar-refractivity contribution in [3.05, 3.63) is 0 Å². The Bertz CT molecular complexity index is 489. The van der Waals surface area contributed by atoms with Crippen molar-refractivity contribution < 1.29 is 23.1 Å². The first-order chi connectivity index (χ1) is 9.61. The second kappa shape index (κ2) is 7.22. The van der Waals surface area contributed by atoms with Crippen molar-refractivity contribution in [3.8, 4) is 0 Å². The number of nitrogens with one attached hydrogen (secondary N) is 1. The molecule has 1 fully saturated rings. The van der Waals surface area contributed by atoms with Gasteiger partial charge in [-0.1, -0.05) is 13.8 Å². The number of hydrogen-bond acceptors (Lipinski definition) is 4. The second-order valence-corrected chi connectivity index (χ2v) is 7.73. The van der Waals surface area contributed by atoms with Gasteiger partial charge in [-0.25, -0.2) is 17.9 Å². The molecule has 0 radical (unpaired) electrons. The van der Waals surface area contributed by atoms with E-state index in [-0.39, 0.29) is 5.92 Å². The number of amides is 1. The summed E-state index contributed by atoms with van der Waals surface area (Å²) < 4.78 is 25.2. The number of piperidine rings is 1. The van der Waals surface area contributed by atoms with Crippen molar-refractivity contribution in [2.45, 2.75) is 51.6 Å². The van der Waals surface area contributed by atoms with Gasteiger partial charge in [0, 0.05) is 6.54 Å². The second-order valence-electron chi connectivity index (χ2n) is 5.95. The number of likely N-dealkylation sites (tertiary alicyclic amines) is 1. The molecular weight excluding hydrogens is 296 g/mol. The molecule has 0 aromatic heterocycles. The Morgan fingerprint density at radius 1 is 1.33 bits per heavy atom. The van der Waals surface area contributed by atoms with Crippen LogP contribution >= 0.6 is 0 Å². The maximum Gasteiger partial charge on any atom is 0.326 e. The quantitative estimate of drug-likeness (QED) is 0.738. The average molecular weight is 320 g/mol. The summed E-state index contributed by atoms with van der Waals surface area (Å²) in [4.78, 5) is 25.1. The van der Waals surface area contributed by atoms with Gasteiger partial charge in [-0.3, -0.25) is 4.79 Å². The van der Waals surface area contributed by atoms with Crippen molar-refractivity contribution in [1.29, 1.82) is 0 Å². The highest BCUT2D eigenvalue weighted by Gasteiger charge is 2.36. The van der Waals surface area contributed by atoms with Crippen molar-refractivity contribution in [2.24, 2.45) is 5.92 Å². The third kappa shape index (κ3) is 5.62. The van der Waals surface area contributed by atoms with Crippen LogP contribution in [0.5, 0.6) is 0 Å². The molecule has 1 amide bonds. The van der Waals surface area contributed by atoms with Crippen molar-refractivity contribution in [1.82, 2.24) is 9.62 Å². The van der Waals surface area contributed by atoms with Crippen LogP contribution in [0, 0.1) is 5.92 Å². The van der Waals surface area contributed by atoms with Gasteiger partial charge in [0.15, 0.2) is 0 Å². The zero-order valence-corrected chi connectivity index (χ0v) is 13.5. The van der Waals surface area contributed by atoms with Crippen LogP contribution in [-0.2, 0) is 19.6 Å². The van der Waals surface area contributed by atoms with Gasteiger partial charge in [0.25, 0.3) is 0 Å². The number of carboxylic acid groups (broad SMARTS) is 1. The molecule has 0 saturated carbocycles. The molecular formula is C13H24N2O5S. The van der Waals surface area contributed by atoms with Crippen LogP contribution in [0.2, 0.25) is 0 Å². The van der Waals surface area contributed by atoms with Crippen LogP contribution in [0.25, 0.3) is 0 Å². The lowest BCUT2D eigenvalue weighted by Gasteiger charge is -2.35. The minimum atomic E-state index is -3.54. The average Bonchev–Trinajstić information content (AvgIpc) is 2.34. The summed E-state index contributed by atoms with van der Waals surface area (Å²) in [6.45, 7) is 4.13. The first-order valence-electron chi connectivity index (χ1n) is 7.12. The van der Waals surface area contributed by atoms with Crippen LogP contribution < -0.4 is 4.72 Å². The van der Waals surface area contributed by atoms with E-state index in [0.29, 0.717) is 19.4 Å². The fourth-order valence-electron chi connectivity index (χ4n) is 2.58. The van der Waals surface area contributed by atoms with Crippen molar-refractivity contribution in [2.75, 3.05) is 12.8 Å². The smallest absolute Gasteiger partial charge is 0.326 e. The van der Waals surface area contributed by atoms with E-state index < -0.39 is 34.0 Å². The normalized spacial score (nSPS) is 21.3. The SMILES string of the molecule is CC(C)CC(NS(C)(=O)=O)C(=O)N1CCCC[C@H]1C(=O)O. The number of sulfonamides is 1. The number of carbonyl (C=O) groups excluding carboxylic acids is 1. The molecule has 1 saturated heterocycles. The number of aliphatic carboxylic acids is 1.